The van der Waals surface area contributed by atoms with Gasteiger partial charge >= 0.3 is 0 Å². The van der Waals surface area contributed by atoms with Crippen LogP contribution in [-0.4, -0.2) is 40.1 Å². The molecule has 1 N–H and O–H groups in total. The average Bonchev–Trinajstić information content (AvgIpc) is 3.19. The molecule has 0 radical (unpaired) electrons. The average molecular weight is 362 g/mol. The lowest BCUT2D eigenvalue weighted by Gasteiger charge is -2.31. The van der Waals surface area contributed by atoms with Crippen molar-refractivity contribution in [1.29, 1.82) is 0 Å². The summed E-state index contributed by atoms with van der Waals surface area (Å²) in [6.07, 6.45) is 1.83. The van der Waals surface area contributed by atoms with E-state index in [1.165, 1.54) is 0 Å². The Bertz CT molecular complexity index is 871. The molecular formula is C21H22N4O2. The summed E-state index contributed by atoms with van der Waals surface area (Å²) in [5.41, 5.74) is 1.66. The maximum Gasteiger partial charge on any atom is 0.251 e. The van der Waals surface area contributed by atoms with Gasteiger partial charge in [0.05, 0.1) is 6.54 Å². The van der Waals surface area contributed by atoms with Gasteiger partial charge in [-0.05, 0) is 25.0 Å². The van der Waals surface area contributed by atoms with Gasteiger partial charge in [0, 0.05) is 30.3 Å². The molecule has 138 valence electrons. The van der Waals surface area contributed by atoms with Crippen LogP contribution in [0.15, 0.2) is 65.2 Å². The smallest absolute Gasteiger partial charge is 0.251 e. The minimum atomic E-state index is -0.00143. The van der Waals surface area contributed by atoms with E-state index in [0.29, 0.717) is 23.8 Å². The molecule has 0 aliphatic carbocycles. The molecule has 0 spiro atoms. The summed E-state index contributed by atoms with van der Waals surface area (Å²) in [4.78, 5) is 19.0. The van der Waals surface area contributed by atoms with E-state index in [1.54, 1.807) is 0 Å². The van der Waals surface area contributed by atoms with Gasteiger partial charge in [-0.2, -0.15) is 4.98 Å². The number of hydrogen-bond acceptors (Lipinski definition) is 5. The van der Waals surface area contributed by atoms with Gasteiger partial charge in [-0.3, -0.25) is 9.69 Å². The van der Waals surface area contributed by atoms with Gasteiger partial charge in [0.2, 0.25) is 11.7 Å². The third-order valence-corrected chi connectivity index (χ3v) is 4.82. The Morgan fingerprint density at radius 2 is 1.70 bits per heavy atom. The second-order valence-corrected chi connectivity index (χ2v) is 6.77. The molecule has 4 rings (SSSR count). The zero-order valence-corrected chi connectivity index (χ0v) is 15.0. The molecule has 2 heterocycles. The van der Waals surface area contributed by atoms with Gasteiger partial charge in [-0.25, -0.2) is 0 Å². The Morgan fingerprint density at radius 3 is 2.41 bits per heavy atom. The molecule has 1 saturated heterocycles. The molecule has 0 atom stereocenters. The predicted octanol–water partition coefficient (Wildman–Crippen LogP) is 3.13. The van der Waals surface area contributed by atoms with Crippen molar-refractivity contribution in [3.8, 4) is 11.4 Å². The standard InChI is InChI=1S/C21H22N4O2/c26-21(17-9-5-2-6-10-17)22-18-11-13-25(14-12-18)15-19-23-20(24-27-19)16-7-3-1-4-8-16/h1-10,18H,11-15H2,(H,22,26). The second-order valence-electron chi connectivity index (χ2n) is 6.77. The van der Waals surface area contributed by atoms with Crippen LogP contribution < -0.4 is 5.32 Å². The highest BCUT2D eigenvalue weighted by molar-refractivity contribution is 5.94. The Morgan fingerprint density at radius 1 is 1.04 bits per heavy atom. The van der Waals surface area contributed by atoms with Crippen molar-refractivity contribution < 1.29 is 9.32 Å². The molecule has 1 fully saturated rings. The normalized spacial score (nSPS) is 15.6. The first kappa shape index (κ1) is 17.4. The Balaban J connectivity index is 1.27. The highest BCUT2D eigenvalue weighted by Crippen LogP contribution is 2.17. The number of benzene rings is 2. The number of amides is 1. The van der Waals surface area contributed by atoms with Crippen LogP contribution in [0, 0.1) is 0 Å². The Kier molecular flexibility index (Phi) is 5.25. The fourth-order valence-electron chi connectivity index (χ4n) is 3.31. The van der Waals surface area contributed by atoms with Crippen LogP contribution in [0.4, 0.5) is 0 Å². The molecule has 1 aromatic heterocycles. The van der Waals surface area contributed by atoms with Crippen molar-refractivity contribution in [3.63, 3.8) is 0 Å². The molecular weight excluding hydrogens is 340 g/mol. The summed E-state index contributed by atoms with van der Waals surface area (Å²) in [6, 6.07) is 19.4. The molecule has 1 aliphatic rings. The third kappa shape index (κ3) is 4.41. The molecule has 6 heteroatoms. The van der Waals surface area contributed by atoms with Crippen molar-refractivity contribution in [2.24, 2.45) is 0 Å². The van der Waals surface area contributed by atoms with Gasteiger partial charge in [0.1, 0.15) is 0 Å². The lowest BCUT2D eigenvalue weighted by atomic mass is 10.0. The summed E-state index contributed by atoms with van der Waals surface area (Å²) in [5.74, 6) is 1.25. The molecule has 0 unspecified atom stereocenters. The van der Waals surface area contributed by atoms with E-state index in [0.717, 1.165) is 31.5 Å². The lowest BCUT2D eigenvalue weighted by Crippen LogP contribution is -2.44. The number of rotatable bonds is 5. The predicted molar refractivity (Wildman–Crippen MR) is 102 cm³/mol. The van der Waals surface area contributed by atoms with Crippen LogP contribution in [0.5, 0.6) is 0 Å². The number of nitrogens with zero attached hydrogens (tertiary/aromatic N) is 3. The maximum atomic E-state index is 12.3. The molecule has 3 aromatic rings. The van der Waals surface area contributed by atoms with E-state index in [9.17, 15) is 4.79 Å². The molecule has 27 heavy (non-hydrogen) atoms. The van der Waals surface area contributed by atoms with Crippen LogP contribution in [-0.2, 0) is 6.54 Å². The van der Waals surface area contributed by atoms with E-state index >= 15 is 0 Å². The zero-order chi connectivity index (χ0) is 18.5. The van der Waals surface area contributed by atoms with E-state index < -0.39 is 0 Å². The molecule has 6 nitrogen and oxygen atoms in total. The first-order valence-corrected chi connectivity index (χ1v) is 9.24. The van der Waals surface area contributed by atoms with Gasteiger partial charge in [-0.15, -0.1) is 0 Å². The monoisotopic (exact) mass is 362 g/mol. The summed E-state index contributed by atoms with van der Waals surface area (Å²) < 4.78 is 5.40. The Labute approximate surface area is 158 Å². The van der Waals surface area contributed by atoms with Crippen LogP contribution >= 0.6 is 0 Å². The Hall–Kier alpha value is -2.99. The number of aromatic nitrogens is 2. The lowest BCUT2D eigenvalue weighted by molar-refractivity contribution is 0.0904. The molecule has 2 aromatic carbocycles. The van der Waals surface area contributed by atoms with Crippen LogP contribution in [0.25, 0.3) is 11.4 Å². The van der Waals surface area contributed by atoms with Gasteiger partial charge in [-0.1, -0.05) is 53.7 Å². The van der Waals surface area contributed by atoms with Crippen molar-refractivity contribution in [3.05, 3.63) is 72.1 Å². The fraction of sp³-hybridized carbons (Fsp3) is 0.286. The van der Waals surface area contributed by atoms with Crippen LogP contribution in [0.3, 0.4) is 0 Å². The molecule has 1 aliphatic heterocycles. The SMILES string of the molecule is O=C(NC1CCN(Cc2nc(-c3ccccc3)no2)CC1)c1ccccc1. The maximum absolute atomic E-state index is 12.3. The molecule has 0 bridgehead atoms. The highest BCUT2D eigenvalue weighted by atomic mass is 16.5. The third-order valence-electron chi connectivity index (χ3n) is 4.82. The number of nitrogens with one attached hydrogen (secondary N) is 1. The number of hydrogen-bond donors (Lipinski definition) is 1. The number of carbonyl (C=O) groups excluding carboxylic acids is 1. The number of piperidine rings is 1. The minimum Gasteiger partial charge on any atom is -0.349 e. The van der Waals surface area contributed by atoms with Gasteiger partial charge in [0.25, 0.3) is 5.91 Å². The van der Waals surface area contributed by atoms with E-state index in [1.807, 2.05) is 60.7 Å². The molecule has 1 amide bonds. The zero-order valence-electron chi connectivity index (χ0n) is 15.0. The van der Waals surface area contributed by atoms with Crippen molar-refractivity contribution in [2.75, 3.05) is 13.1 Å². The quantitative estimate of drug-likeness (QED) is 0.755. The van der Waals surface area contributed by atoms with E-state index in [4.69, 9.17) is 4.52 Å². The minimum absolute atomic E-state index is 0.00143. The first-order valence-electron chi connectivity index (χ1n) is 9.24. The largest absolute Gasteiger partial charge is 0.349 e. The van der Waals surface area contributed by atoms with Gasteiger partial charge in [0.15, 0.2) is 0 Å². The van der Waals surface area contributed by atoms with Crippen molar-refractivity contribution in [1.82, 2.24) is 20.4 Å². The van der Waals surface area contributed by atoms with E-state index in [-0.39, 0.29) is 11.9 Å². The summed E-state index contributed by atoms with van der Waals surface area (Å²) in [6.45, 7) is 2.42. The summed E-state index contributed by atoms with van der Waals surface area (Å²) >= 11 is 0. The van der Waals surface area contributed by atoms with Gasteiger partial charge < -0.3 is 9.84 Å². The number of likely N-dealkylation sites (tertiary alicyclic amines) is 1. The van der Waals surface area contributed by atoms with E-state index in [2.05, 4.69) is 20.4 Å². The highest BCUT2D eigenvalue weighted by Gasteiger charge is 2.22. The van der Waals surface area contributed by atoms with Crippen LogP contribution in [0.1, 0.15) is 29.1 Å². The van der Waals surface area contributed by atoms with Crippen molar-refractivity contribution in [2.45, 2.75) is 25.4 Å². The first-order chi connectivity index (χ1) is 13.3. The molecule has 0 saturated carbocycles. The van der Waals surface area contributed by atoms with Crippen LogP contribution in [0.2, 0.25) is 0 Å². The van der Waals surface area contributed by atoms with Crippen molar-refractivity contribution >= 4 is 5.91 Å². The fourth-order valence-corrected chi connectivity index (χ4v) is 3.31. The summed E-state index contributed by atoms with van der Waals surface area (Å²) in [5, 5.41) is 7.20. The second kappa shape index (κ2) is 8.14. The number of carbonyl (C=O) groups is 1. The summed E-state index contributed by atoms with van der Waals surface area (Å²) in [7, 11) is 0. The topological polar surface area (TPSA) is 71.3 Å².